The SMILES string of the molecule is CC(=O)c1cccc(S(=O)(=O)N2CCC(C(C)O)C2)c1. The van der Waals surface area contributed by atoms with E-state index in [1.165, 1.54) is 23.4 Å². The number of sulfonamides is 1. The average Bonchev–Trinajstić information content (AvgIpc) is 2.89. The van der Waals surface area contributed by atoms with E-state index in [2.05, 4.69) is 0 Å². The van der Waals surface area contributed by atoms with E-state index in [-0.39, 0.29) is 16.6 Å². The number of aliphatic hydroxyl groups excluding tert-OH is 1. The fraction of sp³-hybridized carbons (Fsp3) is 0.500. The molecule has 6 heteroatoms. The highest BCUT2D eigenvalue weighted by atomic mass is 32.2. The Bertz CT molecular complexity index is 609. The summed E-state index contributed by atoms with van der Waals surface area (Å²) in [6.07, 6.45) is 0.141. The Morgan fingerprint density at radius 2 is 2.15 bits per heavy atom. The predicted molar refractivity (Wildman–Crippen MR) is 75.0 cm³/mol. The number of benzene rings is 1. The molecule has 110 valence electrons. The second-order valence-electron chi connectivity index (χ2n) is 5.24. The number of ketones is 1. The number of nitrogens with zero attached hydrogens (tertiary/aromatic N) is 1. The molecular formula is C14H19NO4S. The molecule has 5 nitrogen and oxygen atoms in total. The number of aliphatic hydroxyl groups is 1. The first-order chi connectivity index (χ1) is 9.32. The molecule has 0 saturated carbocycles. The van der Waals surface area contributed by atoms with Gasteiger partial charge in [0.25, 0.3) is 0 Å². The van der Waals surface area contributed by atoms with Gasteiger partial charge in [-0.3, -0.25) is 4.79 Å². The zero-order valence-electron chi connectivity index (χ0n) is 11.6. The summed E-state index contributed by atoms with van der Waals surface area (Å²) in [7, 11) is -3.59. The molecule has 2 unspecified atom stereocenters. The van der Waals surface area contributed by atoms with Gasteiger partial charge in [0.05, 0.1) is 11.0 Å². The zero-order chi connectivity index (χ0) is 14.9. The highest BCUT2D eigenvalue weighted by Crippen LogP contribution is 2.26. The molecule has 2 rings (SSSR count). The lowest BCUT2D eigenvalue weighted by Crippen LogP contribution is -2.30. The molecule has 1 aliphatic heterocycles. The summed E-state index contributed by atoms with van der Waals surface area (Å²) in [5.74, 6) is -0.189. The second kappa shape index (κ2) is 5.63. The number of hydrogen-bond donors (Lipinski definition) is 1. The summed E-state index contributed by atoms with van der Waals surface area (Å²) in [6.45, 7) is 3.81. The van der Waals surface area contributed by atoms with E-state index in [9.17, 15) is 18.3 Å². The average molecular weight is 297 g/mol. The monoisotopic (exact) mass is 297 g/mol. The first-order valence-electron chi connectivity index (χ1n) is 6.61. The van der Waals surface area contributed by atoms with Crippen LogP contribution in [0.4, 0.5) is 0 Å². The fourth-order valence-electron chi connectivity index (χ4n) is 2.39. The minimum atomic E-state index is -3.59. The highest BCUT2D eigenvalue weighted by Gasteiger charge is 2.34. The third-order valence-electron chi connectivity index (χ3n) is 3.75. The van der Waals surface area contributed by atoms with Crippen molar-refractivity contribution >= 4 is 15.8 Å². The normalized spacial score (nSPS) is 21.9. The van der Waals surface area contributed by atoms with Gasteiger partial charge in [0, 0.05) is 18.7 Å². The number of rotatable bonds is 4. The van der Waals surface area contributed by atoms with E-state index in [0.717, 1.165) is 0 Å². The molecule has 0 aromatic heterocycles. The van der Waals surface area contributed by atoms with Crippen LogP contribution in [0.25, 0.3) is 0 Å². The lowest BCUT2D eigenvalue weighted by molar-refractivity contribution is 0.101. The lowest BCUT2D eigenvalue weighted by atomic mass is 10.0. The van der Waals surface area contributed by atoms with E-state index >= 15 is 0 Å². The minimum Gasteiger partial charge on any atom is -0.393 e. The van der Waals surface area contributed by atoms with Gasteiger partial charge in [-0.1, -0.05) is 12.1 Å². The smallest absolute Gasteiger partial charge is 0.243 e. The molecule has 20 heavy (non-hydrogen) atoms. The van der Waals surface area contributed by atoms with E-state index < -0.39 is 16.1 Å². The van der Waals surface area contributed by atoms with Crippen LogP contribution in [0.1, 0.15) is 30.6 Å². The molecule has 0 amide bonds. The van der Waals surface area contributed by atoms with Crippen molar-refractivity contribution in [3.63, 3.8) is 0 Å². The molecule has 0 bridgehead atoms. The maximum atomic E-state index is 12.5. The summed E-state index contributed by atoms with van der Waals surface area (Å²) in [5.41, 5.74) is 0.386. The summed E-state index contributed by atoms with van der Waals surface area (Å²) in [4.78, 5) is 11.5. The summed E-state index contributed by atoms with van der Waals surface area (Å²) >= 11 is 0. The number of carbonyl (C=O) groups excluding carboxylic acids is 1. The third kappa shape index (κ3) is 2.92. The summed E-state index contributed by atoms with van der Waals surface area (Å²) in [6, 6.07) is 6.08. The molecule has 0 spiro atoms. The quantitative estimate of drug-likeness (QED) is 0.850. The van der Waals surface area contributed by atoms with Crippen molar-refractivity contribution in [2.24, 2.45) is 5.92 Å². The predicted octanol–water partition coefficient (Wildman–Crippen LogP) is 1.28. The Labute approximate surface area is 119 Å². The van der Waals surface area contributed by atoms with Crippen molar-refractivity contribution < 1.29 is 18.3 Å². The molecule has 1 aromatic rings. The number of carbonyl (C=O) groups is 1. The Morgan fingerprint density at radius 1 is 1.45 bits per heavy atom. The van der Waals surface area contributed by atoms with Crippen molar-refractivity contribution in [1.29, 1.82) is 0 Å². The molecule has 1 N–H and O–H groups in total. The van der Waals surface area contributed by atoms with Gasteiger partial charge < -0.3 is 5.11 Å². The molecule has 2 atom stereocenters. The van der Waals surface area contributed by atoms with Crippen LogP contribution in [0, 0.1) is 5.92 Å². The number of Topliss-reactive ketones (excluding diaryl/α,β-unsaturated/α-hetero) is 1. The van der Waals surface area contributed by atoms with Crippen LogP contribution in [-0.2, 0) is 10.0 Å². The first kappa shape index (κ1) is 15.2. The van der Waals surface area contributed by atoms with Gasteiger partial charge in [0.2, 0.25) is 10.0 Å². The van der Waals surface area contributed by atoms with Gasteiger partial charge in [0.1, 0.15) is 0 Å². The topological polar surface area (TPSA) is 74.7 Å². The van der Waals surface area contributed by atoms with Crippen LogP contribution in [-0.4, -0.2) is 42.8 Å². The van der Waals surface area contributed by atoms with Gasteiger partial charge in [-0.2, -0.15) is 4.31 Å². The molecule has 1 heterocycles. The van der Waals surface area contributed by atoms with Crippen LogP contribution in [0.15, 0.2) is 29.2 Å². The van der Waals surface area contributed by atoms with Crippen molar-refractivity contribution in [2.45, 2.75) is 31.3 Å². The highest BCUT2D eigenvalue weighted by molar-refractivity contribution is 7.89. The molecule has 1 aliphatic rings. The van der Waals surface area contributed by atoms with Crippen LogP contribution >= 0.6 is 0 Å². The molecule has 1 saturated heterocycles. The van der Waals surface area contributed by atoms with Crippen LogP contribution < -0.4 is 0 Å². The second-order valence-corrected chi connectivity index (χ2v) is 7.17. The minimum absolute atomic E-state index is 0.0271. The largest absolute Gasteiger partial charge is 0.393 e. The molecule has 1 fully saturated rings. The van der Waals surface area contributed by atoms with Crippen molar-refractivity contribution in [2.75, 3.05) is 13.1 Å². The number of hydrogen-bond acceptors (Lipinski definition) is 4. The van der Waals surface area contributed by atoms with E-state index in [0.29, 0.717) is 25.1 Å². The standard InChI is InChI=1S/C14H19NO4S/c1-10(16)12-4-3-5-14(8-12)20(18,19)15-7-6-13(9-15)11(2)17/h3-5,8,11,13,17H,6-7,9H2,1-2H3. The summed E-state index contributed by atoms with van der Waals surface area (Å²) < 4.78 is 26.4. The van der Waals surface area contributed by atoms with Crippen LogP contribution in [0.5, 0.6) is 0 Å². The molecule has 0 radical (unpaired) electrons. The summed E-state index contributed by atoms with van der Waals surface area (Å²) in [5, 5.41) is 9.56. The van der Waals surface area contributed by atoms with E-state index in [1.54, 1.807) is 19.1 Å². The lowest BCUT2D eigenvalue weighted by Gasteiger charge is -2.18. The molecule has 0 aliphatic carbocycles. The van der Waals surface area contributed by atoms with E-state index in [1.807, 2.05) is 0 Å². The molecule has 1 aromatic carbocycles. The maximum absolute atomic E-state index is 12.5. The first-order valence-corrected chi connectivity index (χ1v) is 8.05. The Morgan fingerprint density at radius 3 is 2.70 bits per heavy atom. The van der Waals surface area contributed by atoms with Gasteiger partial charge in [0.15, 0.2) is 5.78 Å². The third-order valence-corrected chi connectivity index (χ3v) is 5.61. The Balaban J connectivity index is 2.27. The zero-order valence-corrected chi connectivity index (χ0v) is 12.4. The van der Waals surface area contributed by atoms with Crippen LogP contribution in [0.2, 0.25) is 0 Å². The molecular weight excluding hydrogens is 278 g/mol. The fourth-order valence-corrected chi connectivity index (χ4v) is 3.95. The van der Waals surface area contributed by atoms with Gasteiger partial charge in [-0.15, -0.1) is 0 Å². The van der Waals surface area contributed by atoms with Crippen molar-refractivity contribution in [3.8, 4) is 0 Å². The van der Waals surface area contributed by atoms with Gasteiger partial charge >= 0.3 is 0 Å². The van der Waals surface area contributed by atoms with E-state index in [4.69, 9.17) is 0 Å². The van der Waals surface area contributed by atoms with Crippen molar-refractivity contribution in [1.82, 2.24) is 4.31 Å². The van der Waals surface area contributed by atoms with Gasteiger partial charge in [-0.05, 0) is 38.3 Å². The Hall–Kier alpha value is -1.24. The maximum Gasteiger partial charge on any atom is 0.243 e. The van der Waals surface area contributed by atoms with Crippen molar-refractivity contribution in [3.05, 3.63) is 29.8 Å². The Kier molecular flexibility index (Phi) is 4.27. The van der Waals surface area contributed by atoms with Crippen LogP contribution in [0.3, 0.4) is 0 Å². The van der Waals surface area contributed by atoms with Gasteiger partial charge in [-0.25, -0.2) is 8.42 Å².